The van der Waals surface area contributed by atoms with E-state index in [-0.39, 0.29) is 0 Å². The first kappa shape index (κ1) is 15.6. The van der Waals surface area contributed by atoms with Gasteiger partial charge in [-0.3, -0.25) is 4.68 Å². The van der Waals surface area contributed by atoms with E-state index in [0.717, 1.165) is 37.2 Å². The molecule has 4 nitrogen and oxygen atoms in total. The summed E-state index contributed by atoms with van der Waals surface area (Å²) in [5.74, 6) is 0. The lowest BCUT2D eigenvalue weighted by Crippen LogP contribution is -2.03. The molecule has 0 atom stereocenters. The number of hydrogen-bond donors (Lipinski definition) is 0. The van der Waals surface area contributed by atoms with E-state index in [4.69, 9.17) is 0 Å². The average Bonchev–Trinajstić information content (AvgIpc) is 3.30. The molecule has 2 aromatic carbocycles. The van der Waals surface area contributed by atoms with Crippen LogP contribution in [0.2, 0.25) is 0 Å². The largest absolute Gasteiger partial charge is 0.347 e. The molecule has 0 bridgehead atoms. The Hall–Kier alpha value is -2.88. The highest BCUT2D eigenvalue weighted by atomic mass is 15.4. The molecular formula is C21H22N4. The second kappa shape index (κ2) is 6.93. The number of hydrogen-bond acceptors (Lipinski definition) is 2. The number of nitrogens with zero attached hydrogens (tertiary/aromatic N) is 4. The van der Waals surface area contributed by atoms with Gasteiger partial charge in [0, 0.05) is 30.4 Å². The van der Waals surface area contributed by atoms with E-state index in [2.05, 4.69) is 82.6 Å². The van der Waals surface area contributed by atoms with Crippen molar-refractivity contribution in [3.8, 4) is 11.3 Å². The van der Waals surface area contributed by atoms with E-state index >= 15 is 0 Å². The predicted octanol–water partition coefficient (Wildman–Crippen LogP) is 4.55. The van der Waals surface area contributed by atoms with Gasteiger partial charge in [0.15, 0.2) is 0 Å². The van der Waals surface area contributed by atoms with Gasteiger partial charge in [-0.1, -0.05) is 54.6 Å². The molecule has 4 heteroatoms. The van der Waals surface area contributed by atoms with Gasteiger partial charge in [-0.15, -0.1) is 5.10 Å². The summed E-state index contributed by atoms with van der Waals surface area (Å²) < 4.78 is 4.24. The second-order valence-electron chi connectivity index (χ2n) is 6.34. The Labute approximate surface area is 147 Å². The number of rotatable bonds is 6. The summed E-state index contributed by atoms with van der Waals surface area (Å²) in [5.41, 5.74) is 4.70. The molecule has 0 unspecified atom stereocenters. The van der Waals surface area contributed by atoms with Gasteiger partial charge in [0.05, 0.1) is 6.20 Å². The van der Waals surface area contributed by atoms with Crippen molar-refractivity contribution in [1.82, 2.24) is 19.6 Å². The predicted molar refractivity (Wildman–Crippen MR) is 101 cm³/mol. The average molecular weight is 330 g/mol. The maximum Gasteiger partial charge on any atom is 0.113 e. The number of benzene rings is 2. The zero-order valence-electron chi connectivity index (χ0n) is 14.5. The third-order valence-corrected chi connectivity index (χ3v) is 4.66. The fraction of sp³-hybridized carbons (Fsp3) is 0.238. The minimum atomic E-state index is 0.868. The lowest BCUT2D eigenvalue weighted by molar-refractivity contribution is 0.520. The van der Waals surface area contributed by atoms with Crippen LogP contribution in [0.3, 0.4) is 0 Å². The zero-order chi connectivity index (χ0) is 17.1. The molecule has 126 valence electrons. The topological polar surface area (TPSA) is 35.6 Å². The summed E-state index contributed by atoms with van der Waals surface area (Å²) in [4.78, 5) is 0. The Kier molecular flexibility index (Phi) is 4.34. The summed E-state index contributed by atoms with van der Waals surface area (Å²) in [6.07, 6.45) is 6.28. The molecule has 0 aliphatic carbocycles. The van der Waals surface area contributed by atoms with Crippen molar-refractivity contribution in [2.75, 3.05) is 0 Å². The van der Waals surface area contributed by atoms with Gasteiger partial charge in [0.1, 0.15) is 5.69 Å². The van der Waals surface area contributed by atoms with Gasteiger partial charge in [0.2, 0.25) is 0 Å². The fourth-order valence-corrected chi connectivity index (χ4v) is 3.19. The van der Waals surface area contributed by atoms with E-state index in [0.29, 0.717) is 0 Å². The molecule has 2 heterocycles. The third-order valence-electron chi connectivity index (χ3n) is 4.66. The maximum atomic E-state index is 4.31. The van der Waals surface area contributed by atoms with Gasteiger partial charge in [0.25, 0.3) is 0 Å². The first-order chi connectivity index (χ1) is 12.3. The lowest BCUT2D eigenvalue weighted by Gasteiger charge is -2.05. The molecule has 0 radical (unpaired) electrons. The van der Waals surface area contributed by atoms with Crippen LogP contribution in [0.1, 0.15) is 18.9 Å². The molecule has 2 aromatic heterocycles. The summed E-state index contributed by atoms with van der Waals surface area (Å²) in [7, 11) is 0. The zero-order valence-corrected chi connectivity index (χ0v) is 14.5. The molecule has 4 rings (SSSR count). The van der Waals surface area contributed by atoms with E-state index in [9.17, 15) is 0 Å². The van der Waals surface area contributed by atoms with Crippen LogP contribution in [-0.4, -0.2) is 19.6 Å². The van der Waals surface area contributed by atoms with Crippen molar-refractivity contribution >= 4 is 10.9 Å². The first-order valence-corrected chi connectivity index (χ1v) is 8.87. The molecule has 0 aliphatic rings. The quantitative estimate of drug-likeness (QED) is 0.520. The Bertz CT molecular complexity index is 963. The van der Waals surface area contributed by atoms with Crippen LogP contribution in [0.5, 0.6) is 0 Å². The molecule has 0 fully saturated rings. The lowest BCUT2D eigenvalue weighted by atomic mass is 10.1. The van der Waals surface area contributed by atoms with E-state index in [1.165, 1.54) is 16.5 Å². The summed E-state index contributed by atoms with van der Waals surface area (Å²) in [6, 6.07) is 19.2. The van der Waals surface area contributed by atoms with Crippen molar-refractivity contribution in [3.05, 3.63) is 72.6 Å². The van der Waals surface area contributed by atoms with Crippen LogP contribution in [0.4, 0.5) is 0 Å². The standard InChI is InChI=1S/C21H22N4/c1-2-17-8-10-18(11-9-17)20-16-25(23-22-20)14-5-13-24-15-12-19-6-3-4-7-21(19)24/h3-4,6-12,15-16H,2,5,13-14H2,1H3. The van der Waals surface area contributed by atoms with Gasteiger partial charge in [-0.2, -0.15) is 0 Å². The number of aromatic nitrogens is 4. The number of aryl methyl sites for hydroxylation is 3. The van der Waals surface area contributed by atoms with Crippen LogP contribution >= 0.6 is 0 Å². The maximum absolute atomic E-state index is 4.31. The number of fused-ring (bicyclic) bond motifs is 1. The number of para-hydroxylation sites is 1. The van der Waals surface area contributed by atoms with Crippen molar-refractivity contribution in [2.24, 2.45) is 0 Å². The highest BCUT2D eigenvalue weighted by Gasteiger charge is 2.05. The highest BCUT2D eigenvalue weighted by molar-refractivity contribution is 5.79. The smallest absolute Gasteiger partial charge is 0.113 e. The SMILES string of the molecule is CCc1ccc(-c2cn(CCCn3ccc4ccccc43)nn2)cc1. The van der Waals surface area contributed by atoms with Crippen LogP contribution in [0.15, 0.2) is 67.0 Å². The molecule has 25 heavy (non-hydrogen) atoms. The van der Waals surface area contributed by atoms with Crippen molar-refractivity contribution in [2.45, 2.75) is 32.9 Å². The summed E-state index contributed by atoms with van der Waals surface area (Å²) in [5, 5.41) is 9.88. The van der Waals surface area contributed by atoms with Gasteiger partial charge in [-0.05, 0) is 35.9 Å². The van der Waals surface area contributed by atoms with Gasteiger partial charge in [-0.25, -0.2) is 0 Å². The normalized spacial score (nSPS) is 11.2. The highest BCUT2D eigenvalue weighted by Crippen LogP contribution is 2.18. The fourth-order valence-electron chi connectivity index (χ4n) is 3.19. The molecule has 0 spiro atoms. The van der Waals surface area contributed by atoms with E-state index < -0.39 is 0 Å². The Balaban J connectivity index is 1.39. The van der Waals surface area contributed by atoms with Crippen LogP contribution in [-0.2, 0) is 19.5 Å². The molecule has 0 saturated heterocycles. The molecule has 0 saturated carbocycles. The summed E-state index contributed by atoms with van der Waals surface area (Å²) >= 11 is 0. The van der Waals surface area contributed by atoms with Crippen molar-refractivity contribution in [3.63, 3.8) is 0 Å². The van der Waals surface area contributed by atoms with E-state index in [1.54, 1.807) is 0 Å². The molecule has 4 aromatic rings. The van der Waals surface area contributed by atoms with Crippen LogP contribution in [0, 0.1) is 0 Å². The van der Waals surface area contributed by atoms with Crippen molar-refractivity contribution < 1.29 is 0 Å². The monoisotopic (exact) mass is 330 g/mol. The summed E-state index contributed by atoms with van der Waals surface area (Å²) in [6.45, 7) is 4.01. The Morgan fingerprint density at radius 1 is 0.920 bits per heavy atom. The molecule has 0 N–H and O–H groups in total. The first-order valence-electron chi connectivity index (χ1n) is 8.87. The molecule has 0 aliphatic heterocycles. The van der Waals surface area contributed by atoms with Gasteiger partial charge < -0.3 is 4.57 Å². The van der Waals surface area contributed by atoms with Crippen molar-refractivity contribution in [1.29, 1.82) is 0 Å². The third kappa shape index (κ3) is 3.33. The molecule has 0 amide bonds. The minimum Gasteiger partial charge on any atom is -0.347 e. The minimum absolute atomic E-state index is 0.868. The van der Waals surface area contributed by atoms with E-state index in [1.807, 2.05) is 10.9 Å². The van der Waals surface area contributed by atoms with Crippen LogP contribution in [0.25, 0.3) is 22.2 Å². The molecular weight excluding hydrogens is 308 g/mol. The van der Waals surface area contributed by atoms with Crippen LogP contribution < -0.4 is 0 Å². The second-order valence-corrected chi connectivity index (χ2v) is 6.34. The Morgan fingerprint density at radius 3 is 2.60 bits per heavy atom. The Morgan fingerprint density at radius 2 is 1.76 bits per heavy atom. The van der Waals surface area contributed by atoms with Gasteiger partial charge >= 0.3 is 0 Å².